The van der Waals surface area contributed by atoms with Crippen LogP contribution in [0, 0.1) is 5.82 Å². The molecule has 3 rings (SSSR count). The van der Waals surface area contributed by atoms with Gasteiger partial charge < -0.3 is 9.72 Å². The van der Waals surface area contributed by atoms with Crippen molar-refractivity contribution in [1.29, 1.82) is 0 Å². The third kappa shape index (κ3) is 2.76. The molecule has 0 aliphatic carbocycles. The Morgan fingerprint density at radius 1 is 1.24 bits per heavy atom. The zero-order chi connectivity index (χ0) is 14.8. The Morgan fingerprint density at radius 2 is 2.05 bits per heavy atom. The lowest BCUT2D eigenvalue weighted by Crippen LogP contribution is -2.11. The Labute approximate surface area is 125 Å². The molecule has 0 unspecified atom stereocenters. The largest absolute Gasteiger partial charge is 0.485 e. The number of ether oxygens (including phenoxy) is 1. The summed E-state index contributed by atoms with van der Waals surface area (Å²) < 4.78 is 18.4. The normalized spacial score (nSPS) is 10.8. The van der Waals surface area contributed by atoms with Gasteiger partial charge in [0.2, 0.25) is 5.78 Å². The number of para-hydroxylation sites is 1. The molecule has 0 atom stereocenters. The number of H-pyrrole nitrogens is 1. The number of aromatic amines is 1. The average molecular weight is 304 g/mol. The fraction of sp³-hybridized carbons (Fsp3) is 0.0625. The van der Waals surface area contributed by atoms with Gasteiger partial charge in [0.25, 0.3) is 0 Å². The SMILES string of the molecule is O=C(COc1ccc(F)c(Cl)c1)c1c[nH]c2ccccc12. The quantitative estimate of drug-likeness (QED) is 0.733. The molecule has 0 saturated carbocycles. The molecule has 21 heavy (non-hydrogen) atoms. The van der Waals surface area contributed by atoms with Gasteiger partial charge in [0.15, 0.2) is 6.61 Å². The van der Waals surface area contributed by atoms with Crippen molar-refractivity contribution in [2.45, 2.75) is 0 Å². The molecule has 3 aromatic rings. The number of fused-ring (bicyclic) bond motifs is 1. The predicted octanol–water partition coefficient (Wildman–Crippen LogP) is 4.22. The van der Waals surface area contributed by atoms with E-state index in [9.17, 15) is 9.18 Å². The maximum Gasteiger partial charge on any atom is 0.202 e. The number of hydrogen-bond donors (Lipinski definition) is 1. The molecule has 0 saturated heterocycles. The van der Waals surface area contributed by atoms with Crippen molar-refractivity contribution >= 4 is 28.3 Å². The third-order valence-electron chi connectivity index (χ3n) is 3.15. The highest BCUT2D eigenvalue weighted by Gasteiger charge is 2.12. The van der Waals surface area contributed by atoms with Crippen LogP contribution in [0.2, 0.25) is 5.02 Å². The molecule has 0 amide bonds. The molecule has 0 aliphatic heterocycles. The number of aromatic nitrogens is 1. The zero-order valence-electron chi connectivity index (χ0n) is 10.9. The first-order chi connectivity index (χ1) is 10.1. The number of benzene rings is 2. The Balaban J connectivity index is 1.76. The molecule has 5 heteroatoms. The second-order valence-electron chi connectivity index (χ2n) is 4.54. The summed E-state index contributed by atoms with van der Waals surface area (Å²) in [5.41, 5.74) is 1.46. The molecular weight excluding hydrogens is 293 g/mol. The van der Waals surface area contributed by atoms with E-state index in [4.69, 9.17) is 16.3 Å². The number of nitrogens with one attached hydrogen (secondary N) is 1. The molecule has 0 radical (unpaired) electrons. The number of carbonyl (C=O) groups is 1. The van der Waals surface area contributed by atoms with E-state index in [0.717, 1.165) is 10.9 Å². The minimum Gasteiger partial charge on any atom is -0.485 e. The lowest BCUT2D eigenvalue weighted by atomic mass is 10.1. The Hall–Kier alpha value is -2.33. The van der Waals surface area contributed by atoms with E-state index in [1.165, 1.54) is 18.2 Å². The number of ketones is 1. The van der Waals surface area contributed by atoms with E-state index in [-0.39, 0.29) is 17.4 Å². The molecule has 3 nitrogen and oxygen atoms in total. The Morgan fingerprint density at radius 3 is 2.86 bits per heavy atom. The summed E-state index contributed by atoms with van der Waals surface area (Å²) in [6.45, 7) is -0.135. The molecule has 2 aromatic carbocycles. The Kier molecular flexibility index (Phi) is 3.62. The molecular formula is C16H11ClFNO2. The summed E-state index contributed by atoms with van der Waals surface area (Å²) in [5, 5.41) is 0.815. The van der Waals surface area contributed by atoms with Gasteiger partial charge >= 0.3 is 0 Å². The van der Waals surface area contributed by atoms with Gasteiger partial charge in [-0.3, -0.25) is 4.79 Å². The second-order valence-corrected chi connectivity index (χ2v) is 4.94. The summed E-state index contributed by atoms with van der Waals surface area (Å²) in [4.78, 5) is 15.2. The smallest absolute Gasteiger partial charge is 0.202 e. The standard InChI is InChI=1S/C16H11ClFNO2/c17-13-7-10(5-6-14(13)18)21-9-16(20)12-8-19-15-4-2-1-3-11(12)15/h1-8,19H,9H2. The Bertz CT molecular complexity index is 813. The van der Waals surface area contributed by atoms with Gasteiger partial charge in [-0.15, -0.1) is 0 Å². The molecule has 1 aromatic heterocycles. The van der Waals surface area contributed by atoms with Crippen molar-refractivity contribution in [1.82, 2.24) is 4.98 Å². The average Bonchev–Trinajstić information content (AvgIpc) is 2.92. The predicted molar refractivity (Wildman–Crippen MR) is 79.5 cm³/mol. The van der Waals surface area contributed by atoms with E-state index >= 15 is 0 Å². The van der Waals surface area contributed by atoms with Gasteiger partial charge in [-0.2, -0.15) is 0 Å². The van der Waals surface area contributed by atoms with Crippen molar-refractivity contribution in [3.8, 4) is 5.75 Å². The van der Waals surface area contributed by atoms with E-state index in [1.807, 2.05) is 24.3 Å². The van der Waals surface area contributed by atoms with Crippen LogP contribution in [0.15, 0.2) is 48.7 Å². The van der Waals surface area contributed by atoms with Crippen LogP contribution in [-0.2, 0) is 0 Å². The highest BCUT2D eigenvalue weighted by atomic mass is 35.5. The van der Waals surface area contributed by atoms with E-state index in [2.05, 4.69) is 4.98 Å². The van der Waals surface area contributed by atoms with E-state index in [1.54, 1.807) is 6.20 Å². The highest BCUT2D eigenvalue weighted by Crippen LogP contribution is 2.22. The first kappa shape index (κ1) is 13.6. The van der Waals surface area contributed by atoms with Crippen LogP contribution in [0.5, 0.6) is 5.75 Å². The summed E-state index contributed by atoms with van der Waals surface area (Å²) >= 11 is 5.66. The van der Waals surface area contributed by atoms with Crippen molar-refractivity contribution < 1.29 is 13.9 Å². The lowest BCUT2D eigenvalue weighted by molar-refractivity contribution is 0.0923. The minimum atomic E-state index is -0.521. The van der Waals surface area contributed by atoms with Gasteiger partial charge in [-0.25, -0.2) is 4.39 Å². The van der Waals surface area contributed by atoms with Crippen LogP contribution in [0.25, 0.3) is 10.9 Å². The second kappa shape index (κ2) is 5.58. The number of Topliss-reactive ketones (excluding diaryl/α,β-unsaturated/α-hetero) is 1. The minimum absolute atomic E-state index is 0.0351. The van der Waals surface area contributed by atoms with Gasteiger partial charge in [0.05, 0.1) is 5.02 Å². The number of rotatable bonds is 4. The first-order valence-corrected chi connectivity index (χ1v) is 6.70. The van der Waals surface area contributed by atoms with E-state index < -0.39 is 5.82 Å². The van der Waals surface area contributed by atoms with Gasteiger partial charge in [-0.05, 0) is 18.2 Å². The number of carbonyl (C=O) groups excluding carboxylic acids is 1. The lowest BCUT2D eigenvalue weighted by Gasteiger charge is -2.05. The summed E-state index contributed by atoms with van der Waals surface area (Å²) in [5.74, 6) is -0.325. The molecule has 1 N–H and O–H groups in total. The maximum atomic E-state index is 13.0. The fourth-order valence-electron chi connectivity index (χ4n) is 2.10. The molecule has 0 fully saturated rings. The third-order valence-corrected chi connectivity index (χ3v) is 3.44. The monoisotopic (exact) mass is 303 g/mol. The molecule has 0 aliphatic rings. The van der Waals surface area contributed by atoms with Gasteiger partial charge in [-0.1, -0.05) is 29.8 Å². The van der Waals surface area contributed by atoms with Crippen LogP contribution in [-0.4, -0.2) is 17.4 Å². The van der Waals surface area contributed by atoms with Gasteiger partial charge in [0.1, 0.15) is 11.6 Å². The van der Waals surface area contributed by atoms with Crippen LogP contribution in [0.3, 0.4) is 0 Å². The van der Waals surface area contributed by atoms with Crippen LogP contribution < -0.4 is 4.74 Å². The van der Waals surface area contributed by atoms with Crippen molar-refractivity contribution in [3.63, 3.8) is 0 Å². The fourth-order valence-corrected chi connectivity index (χ4v) is 2.27. The van der Waals surface area contributed by atoms with Gasteiger partial charge in [0, 0.05) is 28.7 Å². The first-order valence-electron chi connectivity index (χ1n) is 6.32. The maximum absolute atomic E-state index is 13.0. The van der Waals surface area contributed by atoms with Crippen molar-refractivity contribution in [2.24, 2.45) is 0 Å². The molecule has 106 valence electrons. The van der Waals surface area contributed by atoms with Crippen molar-refractivity contribution in [2.75, 3.05) is 6.61 Å². The molecule has 1 heterocycles. The summed E-state index contributed by atoms with van der Waals surface area (Å²) in [6, 6.07) is 11.5. The zero-order valence-corrected chi connectivity index (χ0v) is 11.7. The number of hydrogen-bond acceptors (Lipinski definition) is 2. The molecule has 0 spiro atoms. The highest BCUT2D eigenvalue weighted by molar-refractivity contribution is 6.30. The van der Waals surface area contributed by atoms with E-state index in [0.29, 0.717) is 11.3 Å². The van der Waals surface area contributed by atoms with Crippen LogP contribution >= 0.6 is 11.6 Å². The molecule has 0 bridgehead atoms. The summed E-state index contributed by atoms with van der Waals surface area (Å²) in [6.07, 6.45) is 1.66. The summed E-state index contributed by atoms with van der Waals surface area (Å²) in [7, 11) is 0. The topological polar surface area (TPSA) is 42.1 Å². The van der Waals surface area contributed by atoms with Crippen molar-refractivity contribution in [3.05, 3.63) is 65.1 Å². The van der Waals surface area contributed by atoms with Crippen LogP contribution in [0.1, 0.15) is 10.4 Å². The number of halogens is 2. The van der Waals surface area contributed by atoms with Crippen LogP contribution in [0.4, 0.5) is 4.39 Å².